The summed E-state index contributed by atoms with van der Waals surface area (Å²) in [5.41, 5.74) is -1.25. The lowest BCUT2D eigenvalue weighted by atomic mass is 10.6. The first-order valence-electron chi connectivity index (χ1n) is 3.35. The Labute approximate surface area is 72.8 Å². The number of aromatic nitrogens is 3. The molecule has 0 fully saturated rings. The number of aromatic amines is 1. The molecular formula is C6H9N3O2S. The highest BCUT2D eigenvalue weighted by molar-refractivity contribution is 7.98. The average molecular weight is 187 g/mol. The molecule has 0 aliphatic rings. The summed E-state index contributed by atoms with van der Waals surface area (Å²) in [4.78, 5) is 21.9. The van der Waals surface area contributed by atoms with E-state index in [4.69, 9.17) is 0 Å². The molecule has 66 valence electrons. The maximum atomic E-state index is 11.1. The van der Waals surface area contributed by atoms with E-state index in [1.54, 1.807) is 0 Å². The molecular weight excluding hydrogens is 178 g/mol. The zero-order valence-corrected chi connectivity index (χ0v) is 7.59. The van der Waals surface area contributed by atoms with Crippen molar-refractivity contribution in [2.24, 2.45) is 0 Å². The smallest absolute Gasteiger partial charge is 0.281 e. The van der Waals surface area contributed by atoms with E-state index in [1.165, 1.54) is 22.7 Å². The number of H-pyrrole nitrogens is 1. The number of hydrogen-bond donors (Lipinski definition) is 1. The molecule has 1 aromatic heterocycles. The zero-order chi connectivity index (χ0) is 9.14. The summed E-state index contributed by atoms with van der Waals surface area (Å²) < 4.78 is 1.30. The van der Waals surface area contributed by atoms with Gasteiger partial charge in [0.15, 0.2) is 0 Å². The van der Waals surface area contributed by atoms with Gasteiger partial charge in [-0.05, 0) is 13.2 Å². The lowest BCUT2D eigenvalue weighted by Crippen LogP contribution is -2.37. The van der Waals surface area contributed by atoms with E-state index in [1.807, 2.05) is 13.2 Å². The molecule has 0 saturated heterocycles. The summed E-state index contributed by atoms with van der Waals surface area (Å²) in [6.45, 7) is 1.83. The van der Waals surface area contributed by atoms with E-state index in [0.717, 1.165) is 0 Å². The van der Waals surface area contributed by atoms with Crippen molar-refractivity contribution in [1.82, 2.24) is 14.8 Å². The van der Waals surface area contributed by atoms with E-state index >= 15 is 0 Å². The topological polar surface area (TPSA) is 67.8 Å². The molecule has 5 nitrogen and oxygen atoms in total. The normalized spacial score (nSPS) is 12.8. The second kappa shape index (κ2) is 3.57. The van der Waals surface area contributed by atoms with Crippen molar-refractivity contribution in [3.63, 3.8) is 0 Å². The Morgan fingerprint density at radius 1 is 1.67 bits per heavy atom. The maximum Gasteiger partial charge on any atom is 0.330 e. The van der Waals surface area contributed by atoms with Gasteiger partial charge < -0.3 is 0 Å². The molecule has 0 bridgehead atoms. The Kier molecular flexibility index (Phi) is 2.69. The Morgan fingerprint density at radius 3 is 2.92 bits per heavy atom. The molecule has 0 aliphatic heterocycles. The molecule has 0 radical (unpaired) electrons. The van der Waals surface area contributed by atoms with Gasteiger partial charge in [0.1, 0.15) is 6.33 Å². The standard InChI is InChI=1S/C6H9N3O2S/c1-4(12-2)9-3-7-8-5(10)6(9)11/h3-4H,1-2H3,(H,8,10). The summed E-state index contributed by atoms with van der Waals surface area (Å²) in [6, 6.07) is 0. The molecule has 0 aromatic carbocycles. The third kappa shape index (κ3) is 1.58. The van der Waals surface area contributed by atoms with Crippen LogP contribution >= 0.6 is 11.8 Å². The van der Waals surface area contributed by atoms with Gasteiger partial charge >= 0.3 is 11.1 Å². The second-order valence-corrected chi connectivity index (χ2v) is 3.39. The SMILES string of the molecule is CSC(C)n1cn[nH]c(=O)c1=O. The highest BCUT2D eigenvalue weighted by Gasteiger charge is 2.05. The van der Waals surface area contributed by atoms with Crippen LogP contribution in [0, 0.1) is 0 Å². The molecule has 6 heteroatoms. The maximum absolute atomic E-state index is 11.1. The van der Waals surface area contributed by atoms with E-state index in [0.29, 0.717) is 0 Å². The first-order chi connectivity index (χ1) is 5.66. The first-order valence-corrected chi connectivity index (χ1v) is 4.64. The molecule has 1 heterocycles. The molecule has 1 aromatic rings. The molecule has 1 N–H and O–H groups in total. The third-order valence-corrected chi connectivity index (χ3v) is 2.42. The molecule has 0 amide bonds. The van der Waals surface area contributed by atoms with Crippen LogP contribution in [0.3, 0.4) is 0 Å². The zero-order valence-electron chi connectivity index (χ0n) is 6.77. The Hall–Kier alpha value is -1.04. The largest absolute Gasteiger partial charge is 0.330 e. The summed E-state index contributed by atoms with van der Waals surface area (Å²) in [6.07, 6.45) is 3.18. The van der Waals surface area contributed by atoms with Gasteiger partial charge in [-0.15, -0.1) is 11.8 Å². The van der Waals surface area contributed by atoms with Crippen molar-refractivity contribution in [3.8, 4) is 0 Å². The van der Waals surface area contributed by atoms with E-state index in [9.17, 15) is 9.59 Å². The van der Waals surface area contributed by atoms with Crippen LogP contribution in [0.1, 0.15) is 12.3 Å². The van der Waals surface area contributed by atoms with Crippen LogP contribution < -0.4 is 11.1 Å². The fraction of sp³-hybridized carbons (Fsp3) is 0.500. The van der Waals surface area contributed by atoms with Crippen LogP contribution in [0.15, 0.2) is 15.9 Å². The van der Waals surface area contributed by atoms with Gasteiger partial charge in [0.25, 0.3) is 0 Å². The van der Waals surface area contributed by atoms with Gasteiger partial charge in [-0.1, -0.05) is 0 Å². The Balaban J connectivity index is 3.26. The van der Waals surface area contributed by atoms with Crippen LogP contribution in [0.25, 0.3) is 0 Å². The first kappa shape index (κ1) is 9.05. The number of hydrogen-bond acceptors (Lipinski definition) is 4. The van der Waals surface area contributed by atoms with E-state index < -0.39 is 11.1 Å². The predicted molar refractivity (Wildman–Crippen MR) is 47.3 cm³/mol. The molecule has 1 unspecified atom stereocenters. The lowest BCUT2D eigenvalue weighted by Gasteiger charge is -2.09. The quantitative estimate of drug-likeness (QED) is 0.652. The minimum Gasteiger partial charge on any atom is -0.281 e. The molecule has 0 saturated carbocycles. The minimum atomic E-state index is -0.682. The molecule has 1 rings (SSSR count). The fourth-order valence-corrected chi connectivity index (χ4v) is 1.12. The molecule has 1 atom stereocenters. The number of nitrogens with zero attached hydrogens (tertiary/aromatic N) is 2. The van der Waals surface area contributed by atoms with Gasteiger partial charge in [-0.25, -0.2) is 5.10 Å². The summed E-state index contributed by atoms with van der Waals surface area (Å²) in [5.74, 6) is 0. The van der Waals surface area contributed by atoms with Gasteiger partial charge in [-0.3, -0.25) is 14.2 Å². The lowest BCUT2D eigenvalue weighted by molar-refractivity contribution is 0.655. The van der Waals surface area contributed by atoms with Crippen molar-refractivity contribution >= 4 is 11.8 Å². The van der Waals surface area contributed by atoms with Gasteiger partial charge in [-0.2, -0.15) is 5.10 Å². The van der Waals surface area contributed by atoms with Crippen LogP contribution in [0.5, 0.6) is 0 Å². The Morgan fingerprint density at radius 2 is 2.33 bits per heavy atom. The highest BCUT2D eigenvalue weighted by Crippen LogP contribution is 2.14. The number of rotatable bonds is 2. The predicted octanol–water partition coefficient (Wildman–Crippen LogP) is -0.187. The number of nitrogens with one attached hydrogen (secondary N) is 1. The summed E-state index contributed by atoms with van der Waals surface area (Å²) in [7, 11) is 0. The fourth-order valence-electron chi connectivity index (χ4n) is 0.740. The van der Waals surface area contributed by atoms with Crippen molar-refractivity contribution < 1.29 is 0 Å². The van der Waals surface area contributed by atoms with E-state index in [2.05, 4.69) is 10.2 Å². The molecule has 12 heavy (non-hydrogen) atoms. The van der Waals surface area contributed by atoms with Gasteiger partial charge in [0.05, 0.1) is 5.37 Å². The van der Waals surface area contributed by atoms with Crippen molar-refractivity contribution in [1.29, 1.82) is 0 Å². The number of thioether (sulfide) groups is 1. The monoisotopic (exact) mass is 187 g/mol. The molecule has 0 spiro atoms. The third-order valence-electron chi connectivity index (χ3n) is 1.51. The van der Waals surface area contributed by atoms with Crippen molar-refractivity contribution in [2.45, 2.75) is 12.3 Å². The average Bonchev–Trinajstić information content (AvgIpc) is 2.08. The summed E-state index contributed by atoms with van der Waals surface area (Å²) in [5, 5.41) is 5.53. The van der Waals surface area contributed by atoms with Crippen LogP contribution in [-0.2, 0) is 0 Å². The van der Waals surface area contributed by atoms with Crippen LogP contribution in [0.4, 0.5) is 0 Å². The van der Waals surface area contributed by atoms with Crippen molar-refractivity contribution in [3.05, 3.63) is 27.0 Å². The molecule has 0 aliphatic carbocycles. The summed E-state index contributed by atoms with van der Waals surface area (Å²) >= 11 is 1.47. The van der Waals surface area contributed by atoms with E-state index in [-0.39, 0.29) is 5.37 Å². The minimum absolute atomic E-state index is 0.0627. The highest BCUT2D eigenvalue weighted by atomic mass is 32.2. The van der Waals surface area contributed by atoms with Gasteiger partial charge in [0, 0.05) is 0 Å². The van der Waals surface area contributed by atoms with Crippen molar-refractivity contribution in [2.75, 3.05) is 6.26 Å². The van der Waals surface area contributed by atoms with Gasteiger partial charge in [0.2, 0.25) is 0 Å². The van der Waals surface area contributed by atoms with Crippen LogP contribution in [-0.4, -0.2) is 21.0 Å². The Bertz CT molecular complexity index is 370. The second-order valence-electron chi connectivity index (χ2n) is 2.23. The van der Waals surface area contributed by atoms with Crippen LogP contribution in [0.2, 0.25) is 0 Å².